The number of ether oxygens (including phenoxy) is 1. The normalized spacial score (nSPS) is 20.9. The zero-order valence-electron chi connectivity index (χ0n) is 26.8. The average Bonchev–Trinajstić information content (AvgIpc) is 3.10. The molecule has 248 valence electrons. The van der Waals surface area contributed by atoms with Crippen molar-refractivity contribution in [3.8, 4) is 11.5 Å². The molecule has 6 rings (SSSR count). The number of nitrogens with one attached hydrogen (secondary N) is 2. The maximum atomic E-state index is 14.2. The molecule has 3 aromatic rings. The van der Waals surface area contributed by atoms with Crippen LogP contribution in [0.15, 0.2) is 73.1 Å². The second-order valence-corrected chi connectivity index (χ2v) is 13.0. The molecule has 11 heteroatoms. The maximum Gasteiger partial charge on any atom is 0.251 e. The summed E-state index contributed by atoms with van der Waals surface area (Å²) in [6.45, 7) is 2.06. The van der Waals surface area contributed by atoms with Gasteiger partial charge < -0.3 is 25.4 Å². The molecule has 1 saturated carbocycles. The van der Waals surface area contributed by atoms with Gasteiger partial charge in [0, 0.05) is 48.6 Å². The number of piperazine rings is 1. The summed E-state index contributed by atoms with van der Waals surface area (Å²) in [5, 5.41) is 26.9. The Hall–Kier alpha value is -4.48. The van der Waals surface area contributed by atoms with Crippen molar-refractivity contribution < 1.29 is 34.2 Å². The molecule has 11 nitrogen and oxygen atoms in total. The molecule has 3 aliphatic rings. The lowest BCUT2D eigenvalue weighted by Crippen LogP contribution is -2.74. The summed E-state index contributed by atoms with van der Waals surface area (Å²) in [7, 11) is 1.59. The Balaban J connectivity index is 1.12. The molecule has 2 aliphatic heterocycles. The van der Waals surface area contributed by atoms with Gasteiger partial charge in [-0.15, -0.1) is 0 Å². The third-order valence-electron chi connectivity index (χ3n) is 10.0. The summed E-state index contributed by atoms with van der Waals surface area (Å²) in [5.41, 5.74) is 1.32. The minimum Gasteiger partial charge on any atom is -0.457 e. The van der Waals surface area contributed by atoms with Crippen LogP contribution in [-0.4, -0.2) is 75.7 Å². The smallest absolute Gasteiger partial charge is 0.251 e. The van der Waals surface area contributed by atoms with Crippen LogP contribution in [0.25, 0.3) is 0 Å². The number of carbonyl (C=O) groups excluding carboxylic acids is 3. The highest BCUT2D eigenvalue weighted by Gasteiger charge is 2.55. The number of aliphatic hydroxyl groups excluding tert-OH is 1. The molecule has 1 aliphatic carbocycles. The molecule has 3 amide bonds. The van der Waals surface area contributed by atoms with Crippen molar-refractivity contribution in [1.82, 2.24) is 20.4 Å². The van der Waals surface area contributed by atoms with E-state index < -0.39 is 17.7 Å². The number of pyridine rings is 1. The Labute approximate surface area is 275 Å². The number of aliphatic hydroxyl groups is 1. The van der Waals surface area contributed by atoms with Crippen LogP contribution in [0.4, 0.5) is 0 Å². The Bertz CT molecular complexity index is 1570. The summed E-state index contributed by atoms with van der Waals surface area (Å²) in [6.07, 6.45) is 7.89. The summed E-state index contributed by atoms with van der Waals surface area (Å²) in [6, 6.07) is 17.4. The number of rotatable bonds is 9. The number of hydrogen-bond donors (Lipinski definition) is 4. The highest BCUT2D eigenvalue weighted by atomic mass is 16.5. The molecule has 0 unspecified atom stereocenters. The molecule has 3 fully saturated rings. The molecule has 1 spiro atoms. The Kier molecular flexibility index (Phi) is 9.74. The second-order valence-electron chi connectivity index (χ2n) is 13.0. The van der Waals surface area contributed by atoms with E-state index in [1.807, 2.05) is 30.3 Å². The number of amides is 3. The van der Waals surface area contributed by atoms with Gasteiger partial charge in [-0.1, -0.05) is 31.4 Å². The van der Waals surface area contributed by atoms with Crippen LogP contribution in [0.5, 0.6) is 11.5 Å². The number of benzene rings is 2. The van der Waals surface area contributed by atoms with Gasteiger partial charge in [0.25, 0.3) is 5.91 Å². The number of aromatic nitrogens is 1. The van der Waals surface area contributed by atoms with Gasteiger partial charge in [0.05, 0.1) is 12.6 Å². The largest absolute Gasteiger partial charge is 0.457 e. The van der Waals surface area contributed by atoms with Crippen LogP contribution >= 0.6 is 0 Å². The van der Waals surface area contributed by atoms with Gasteiger partial charge in [0.15, 0.2) is 0 Å². The van der Waals surface area contributed by atoms with Gasteiger partial charge in [0.2, 0.25) is 24.2 Å². The molecule has 3 heterocycles. The minimum atomic E-state index is -1.04. The average molecular weight is 643 g/mol. The molecular weight excluding hydrogens is 598 g/mol. The standard InChI is InChI=1S/C36H43N5O6/c1-37-33(43)28-11-15-30(16-12-28)47-29-13-9-25(10-14-29)22-39-20-17-36(18-21-39)35(45)38-31(32(42)27-7-3-2-4-8-27)34(44)41(36)24-26-6-5-19-40(46)23-26/h5-6,9-16,19,23,27,31-32,42H,2-4,7-8,17-18,20-22,24H2,1H3,(H2-,37,38,43,45,46)/p+1/t31-,32-/m1/s1. The number of hydrogen-bond acceptors (Lipinski definition) is 7. The third-order valence-corrected chi connectivity index (χ3v) is 10.0. The van der Waals surface area contributed by atoms with Gasteiger partial charge >= 0.3 is 0 Å². The third kappa shape index (κ3) is 7.11. The number of carbonyl (C=O) groups is 3. The fourth-order valence-corrected chi connectivity index (χ4v) is 7.29. The maximum absolute atomic E-state index is 14.2. The first-order chi connectivity index (χ1) is 22.8. The summed E-state index contributed by atoms with van der Waals surface area (Å²) in [5.74, 6) is 0.675. The van der Waals surface area contributed by atoms with Crippen molar-refractivity contribution in [1.29, 1.82) is 0 Å². The number of piperidine rings is 1. The zero-order chi connectivity index (χ0) is 33.0. The van der Waals surface area contributed by atoms with Gasteiger partial charge in [-0.2, -0.15) is 0 Å². The SMILES string of the molecule is CNC(=O)c1ccc(Oc2ccc(CN3CCC4(CC3)C(=O)N[C@H]([C@H](O)C3CCCCC3)C(=O)N4Cc3ccc[n+](O)c3)cc2)cc1. The van der Waals surface area contributed by atoms with E-state index in [0.717, 1.165) is 42.4 Å². The molecular formula is C36H44N5O6+. The van der Waals surface area contributed by atoms with E-state index in [0.29, 0.717) is 55.1 Å². The zero-order valence-corrected chi connectivity index (χ0v) is 26.8. The van der Waals surface area contributed by atoms with Gasteiger partial charge in [0.1, 0.15) is 23.1 Å². The topological polar surface area (TPSA) is 135 Å². The summed E-state index contributed by atoms with van der Waals surface area (Å²) < 4.78 is 6.91. The highest BCUT2D eigenvalue weighted by molar-refractivity contribution is 6.00. The predicted octanol–water partition coefficient (Wildman–Crippen LogP) is 3.17. The Morgan fingerprint density at radius 3 is 2.28 bits per heavy atom. The Morgan fingerprint density at radius 2 is 1.64 bits per heavy atom. The van der Waals surface area contributed by atoms with Crippen molar-refractivity contribution >= 4 is 17.7 Å². The fourth-order valence-electron chi connectivity index (χ4n) is 7.29. The van der Waals surface area contributed by atoms with E-state index in [1.54, 1.807) is 48.5 Å². The van der Waals surface area contributed by atoms with E-state index >= 15 is 0 Å². The first-order valence-corrected chi connectivity index (χ1v) is 16.6. The van der Waals surface area contributed by atoms with Crippen LogP contribution in [0, 0.1) is 5.92 Å². The van der Waals surface area contributed by atoms with Crippen LogP contribution in [0.1, 0.15) is 66.4 Å². The van der Waals surface area contributed by atoms with Crippen molar-refractivity contribution in [2.45, 2.75) is 75.7 Å². The Morgan fingerprint density at radius 1 is 0.979 bits per heavy atom. The van der Waals surface area contributed by atoms with Gasteiger partial charge in [-0.25, -0.2) is 0 Å². The van der Waals surface area contributed by atoms with Crippen molar-refractivity contribution in [3.05, 3.63) is 89.7 Å². The molecule has 47 heavy (non-hydrogen) atoms. The quantitative estimate of drug-likeness (QED) is 0.208. The van der Waals surface area contributed by atoms with E-state index in [1.165, 1.54) is 6.20 Å². The van der Waals surface area contributed by atoms with E-state index in [-0.39, 0.29) is 30.2 Å². The van der Waals surface area contributed by atoms with Crippen LogP contribution in [-0.2, 0) is 22.7 Å². The van der Waals surface area contributed by atoms with Crippen molar-refractivity contribution in [3.63, 3.8) is 0 Å². The van der Waals surface area contributed by atoms with Gasteiger partial charge in [-0.05, 0) is 79.6 Å². The van der Waals surface area contributed by atoms with Crippen LogP contribution < -0.4 is 20.1 Å². The predicted molar refractivity (Wildman–Crippen MR) is 172 cm³/mol. The van der Waals surface area contributed by atoms with Crippen LogP contribution in [0.3, 0.4) is 0 Å². The van der Waals surface area contributed by atoms with Crippen molar-refractivity contribution in [2.24, 2.45) is 5.92 Å². The highest BCUT2D eigenvalue weighted by Crippen LogP contribution is 2.37. The first kappa shape index (κ1) is 32.5. The minimum absolute atomic E-state index is 0.0153. The molecule has 1 aromatic heterocycles. The number of nitrogens with zero attached hydrogens (tertiary/aromatic N) is 3. The fraction of sp³-hybridized carbons (Fsp3) is 0.444. The lowest BCUT2D eigenvalue weighted by molar-refractivity contribution is -0.905. The first-order valence-electron chi connectivity index (χ1n) is 16.6. The molecule has 2 saturated heterocycles. The lowest BCUT2D eigenvalue weighted by Gasteiger charge is -2.52. The molecule has 0 bridgehead atoms. The van der Waals surface area contributed by atoms with E-state index in [4.69, 9.17) is 4.74 Å². The van der Waals surface area contributed by atoms with E-state index in [9.17, 15) is 24.7 Å². The monoisotopic (exact) mass is 642 g/mol. The number of likely N-dealkylation sites (tertiary alicyclic amines) is 1. The summed E-state index contributed by atoms with van der Waals surface area (Å²) in [4.78, 5) is 43.9. The summed E-state index contributed by atoms with van der Waals surface area (Å²) >= 11 is 0. The molecule has 2 aromatic carbocycles. The molecule has 2 atom stereocenters. The second kappa shape index (κ2) is 14.1. The van der Waals surface area contributed by atoms with Crippen molar-refractivity contribution in [2.75, 3.05) is 20.1 Å². The molecule has 4 N–H and O–H groups in total. The lowest BCUT2D eigenvalue weighted by atomic mass is 9.77. The van der Waals surface area contributed by atoms with E-state index in [2.05, 4.69) is 15.5 Å². The van der Waals surface area contributed by atoms with Gasteiger partial charge in [-0.3, -0.25) is 24.5 Å². The molecule has 0 radical (unpaired) electrons. The van der Waals surface area contributed by atoms with Crippen LogP contribution in [0.2, 0.25) is 0 Å².